The summed E-state index contributed by atoms with van der Waals surface area (Å²) in [5.41, 5.74) is 6.40. The van der Waals surface area contributed by atoms with E-state index in [1.165, 1.54) is 6.20 Å². The van der Waals surface area contributed by atoms with Crippen LogP contribution in [0, 0.1) is 5.92 Å². The first-order valence-corrected chi connectivity index (χ1v) is 10.3. The lowest BCUT2D eigenvalue weighted by atomic mass is 9.95. The molecule has 0 spiro atoms. The number of fused-ring (bicyclic) bond motifs is 1. The Kier molecular flexibility index (Phi) is 9.00. The maximum Gasteiger partial charge on any atom is 0.391 e. The molecule has 3 rings (SSSR count). The topological polar surface area (TPSA) is 54.5 Å². The molecule has 10 heteroatoms. The SMILES string of the molecule is COCCNC(=O)c1cnc2c(N3CCC(C(F)(F)F)CC3)cccc2c1.[B]I. The molecule has 1 N–H and O–H groups in total. The van der Waals surface area contributed by atoms with Crippen molar-refractivity contribution in [3.8, 4) is 0 Å². The van der Waals surface area contributed by atoms with Gasteiger partial charge in [0, 0.05) is 38.3 Å². The van der Waals surface area contributed by atoms with Crippen molar-refractivity contribution in [2.24, 2.45) is 5.92 Å². The highest BCUT2D eigenvalue weighted by Gasteiger charge is 2.41. The predicted octanol–water partition coefficient (Wildman–Crippen LogP) is 3.89. The molecule has 1 aliphatic heterocycles. The monoisotopic (exact) mass is 519 g/mol. The van der Waals surface area contributed by atoms with Crippen LogP contribution in [-0.2, 0) is 4.74 Å². The highest BCUT2D eigenvalue weighted by atomic mass is 127. The molecule has 0 atom stereocenters. The van der Waals surface area contributed by atoms with Crippen LogP contribution in [0.25, 0.3) is 10.9 Å². The minimum Gasteiger partial charge on any atom is -0.383 e. The first-order chi connectivity index (χ1) is 13.9. The molecule has 2 aromatic rings. The number of nitrogens with zero attached hydrogens (tertiary/aromatic N) is 2. The van der Waals surface area contributed by atoms with Gasteiger partial charge >= 0.3 is 6.18 Å². The van der Waals surface area contributed by atoms with Crippen molar-refractivity contribution in [1.29, 1.82) is 0 Å². The van der Waals surface area contributed by atoms with Crippen molar-refractivity contribution in [2.75, 3.05) is 38.3 Å². The number of carbonyl (C=O) groups excluding carboxylic acids is 1. The summed E-state index contributed by atoms with van der Waals surface area (Å²) in [4.78, 5) is 18.5. The Morgan fingerprint density at radius 3 is 2.66 bits per heavy atom. The quantitative estimate of drug-likeness (QED) is 0.370. The molecule has 156 valence electrons. The second-order valence-electron chi connectivity index (χ2n) is 6.62. The van der Waals surface area contributed by atoms with E-state index >= 15 is 0 Å². The van der Waals surface area contributed by atoms with Crippen molar-refractivity contribution in [1.82, 2.24) is 10.3 Å². The predicted molar refractivity (Wildman–Crippen MR) is 117 cm³/mol. The van der Waals surface area contributed by atoms with Gasteiger partial charge in [-0.05, 0) is 25.0 Å². The maximum atomic E-state index is 12.9. The third-order valence-electron chi connectivity index (χ3n) is 4.84. The molecule has 5 nitrogen and oxygen atoms in total. The lowest BCUT2D eigenvalue weighted by molar-refractivity contribution is -0.179. The third-order valence-corrected chi connectivity index (χ3v) is 4.84. The molecule has 0 saturated carbocycles. The van der Waals surface area contributed by atoms with Crippen LogP contribution in [0.2, 0.25) is 0 Å². The Bertz CT molecular complexity index is 815. The molecule has 1 fully saturated rings. The van der Waals surface area contributed by atoms with Crippen molar-refractivity contribution < 1.29 is 22.7 Å². The van der Waals surface area contributed by atoms with Gasteiger partial charge in [0.15, 0.2) is 5.70 Å². The van der Waals surface area contributed by atoms with E-state index in [-0.39, 0.29) is 18.7 Å². The molecule has 1 aliphatic rings. The third kappa shape index (κ3) is 6.21. The number of hydrogen-bond acceptors (Lipinski definition) is 4. The Morgan fingerprint density at radius 1 is 1.34 bits per heavy atom. The number of methoxy groups -OCH3 is 1. The molecule has 0 unspecified atom stereocenters. The summed E-state index contributed by atoms with van der Waals surface area (Å²) in [6.45, 7) is 1.50. The van der Waals surface area contributed by atoms with E-state index in [0.717, 1.165) is 11.1 Å². The minimum absolute atomic E-state index is 0.0832. The standard InChI is InChI=1S/C19H22F3N3O2.BI/c1-27-10-7-23-18(26)14-11-13-3-2-4-16(17(13)24-12-14)25-8-5-15(6-9-25)19(20,21)22;1-2/h2-4,11-12,15H,5-10H2,1H3,(H,23,26);. The normalized spacial score (nSPS) is 15.0. The molecule has 1 aromatic carbocycles. The lowest BCUT2D eigenvalue weighted by Crippen LogP contribution is -2.39. The van der Waals surface area contributed by atoms with E-state index in [9.17, 15) is 18.0 Å². The largest absolute Gasteiger partial charge is 0.391 e. The van der Waals surface area contributed by atoms with E-state index in [2.05, 4.69) is 16.0 Å². The molecule has 0 bridgehead atoms. The number of aromatic nitrogens is 1. The fourth-order valence-electron chi connectivity index (χ4n) is 3.34. The maximum absolute atomic E-state index is 12.9. The summed E-state index contributed by atoms with van der Waals surface area (Å²) in [6.07, 6.45) is -2.47. The van der Waals surface area contributed by atoms with Crippen LogP contribution >= 0.6 is 22.4 Å². The van der Waals surface area contributed by atoms with Gasteiger partial charge in [-0.2, -0.15) is 35.5 Å². The second-order valence-corrected chi connectivity index (χ2v) is 6.62. The van der Waals surface area contributed by atoms with Crippen molar-refractivity contribution in [2.45, 2.75) is 19.0 Å². The molecule has 1 saturated heterocycles. The van der Waals surface area contributed by atoms with Crippen LogP contribution in [0.5, 0.6) is 0 Å². The fourth-order valence-corrected chi connectivity index (χ4v) is 3.34. The number of alkyl halides is 3. The molecule has 2 radical (unpaired) electrons. The number of benzene rings is 1. The number of ether oxygens (including phenoxy) is 1. The zero-order valence-corrected chi connectivity index (χ0v) is 18.2. The van der Waals surface area contributed by atoms with E-state index in [4.69, 9.17) is 4.74 Å². The number of nitrogens with one attached hydrogen (secondary N) is 1. The van der Waals surface area contributed by atoms with Crippen LogP contribution in [0.4, 0.5) is 18.9 Å². The summed E-state index contributed by atoms with van der Waals surface area (Å²) in [6, 6.07) is 7.29. The lowest BCUT2D eigenvalue weighted by Gasteiger charge is -2.34. The zero-order valence-electron chi connectivity index (χ0n) is 16.0. The van der Waals surface area contributed by atoms with Crippen molar-refractivity contribution in [3.05, 3.63) is 36.0 Å². The zero-order chi connectivity index (χ0) is 21.4. The Balaban J connectivity index is 0.00000145. The summed E-state index contributed by atoms with van der Waals surface area (Å²) in [5.74, 6) is -1.48. The average Bonchev–Trinajstić information content (AvgIpc) is 2.74. The number of carbonyl (C=O) groups is 1. The van der Waals surface area contributed by atoms with Gasteiger partial charge in [0.25, 0.3) is 5.91 Å². The van der Waals surface area contributed by atoms with Crippen LogP contribution in [0.15, 0.2) is 30.5 Å². The molecular weight excluding hydrogens is 497 g/mol. The number of pyridine rings is 1. The summed E-state index contributed by atoms with van der Waals surface area (Å²) in [7, 11) is 1.56. The summed E-state index contributed by atoms with van der Waals surface area (Å²) >= 11 is 1.65. The number of halogens is 4. The molecule has 2 heterocycles. The van der Waals surface area contributed by atoms with Crippen molar-refractivity contribution in [3.63, 3.8) is 0 Å². The number of rotatable bonds is 5. The number of piperidine rings is 1. The molecule has 1 amide bonds. The second kappa shape index (κ2) is 11.0. The smallest absolute Gasteiger partial charge is 0.383 e. The van der Waals surface area contributed by atoms with Crippen molar-refractivity contribution >= 4 is 50.6 Å². The average molecular weight is 519 g/mol. The first kappa shape index (κ1) is 23.7. The Labute approximate surface area is 182 Å². The first-order valence-electron chi connectivity index (χ1n) is 9.09. The highest BCUT2D eigenvalue weighted by Crippen LogP contribution is 2.36. The van der Waals surface area contributed by atoms with Crippen LogP contribution in [0.1, 0.15) is 23.2 Å². The molecular formula is C19H22BF3IN3O2. The highest BCUT2D eigenvalue weighted by molar-refractivity contribution is 14.1. The van der Waals surface area contributed by atoms with Gasteiger partial charge < -0.3 is 15.0 Å². The summed E-state index contributed by atoms with van der Waals surface area (Å²) in [5, 5.41) is 3.52. The molecule has 29 heavy (non-hydrogen) atoms. The number of amides is 1. The van der Waals surface area contributed by atoms with Gasteiger partial charge in [0.05, 0.1) is 29.3 Å². The Morgan fingerprint density at radius 2 is 2.03 bits per heavy atom. The number of anilines is 1. The fraction of sp³-hybridized carbons (Fsp3) is 0.474. The van der Waals surface area contributed by atoms with Crippen LogP contribution < -0.4 is 10.2 Å². The van der Waals surface area contributed by atoms with E-state index in [1.54, 1.807) is 35.6 Å². The molecule has 1 aromatic heterocycles. The van der Waals surface area contributed by atoms with Crippen LogP contribution in [0.3, 0.4) is 0 Å². The minimum atomic E-state index is -4.13. The van der Waals surface area contributed by atoms with E-state index < -0.39 is 12.1 Å². The van der Waals surface area contributed by atoms with Crippen LogP contribution in [-0.4, -0.2) is 56.1 Å². The Hall–Kier alpha value is -1.56. The van der Waals surface area contributed by atoms with Gasteiger partial charge in [-0.15, -0.1) is 0 Å². The van der Waals surface area contributed by atoms with E-state index in [1.807, 2.05) is 23.1 Å². The summed E-state index contributed by atoms with van der Waals surface area (Å²) < 4.78 is 43.5. The van der Waals surface area contributed by atoms with Gasteiger partial charge in [0.1, 0.15) is 0 Å². The van der Waals surface area contributed by atoms with Gasteiger partial charge in [0.2, 0.25) is 0 Å². The number of para-hydroxylation sites is 1. The van der Waals surface area contributed by atoms with Gasteiger partial charge in [-0.3, -0.25) is 9.78 Å². The van der Waals surface area contributed by atoms with Gasteiger partial charge in [-0.1, -0.05) is 12.1 Å². The van der Waals surface area contributed by atoms with E-state index in [0.29, 0.717) is 37.3 Å². The number of hydrogen-bond donors (Lipinski definition) is 1. The molecule has 0 aliphatic carbocycles. The van der Waals surface area contributed by atoms with Gasteiger partial charge in [-0.25, -0.2) is 0 Å².